The van der Waals surface area contributed by atoms with Gasteiger partial charge in [0.05, 0.1) is 17.6 Å². The van der Waals surface area contributed by atoms with Crippen LogP contribution in [-0.4, -0.2) is 28.1 Å². The van der Waals surface area contributed by atoms with Crippen LogP contribution < -0.4 is 4.74 Å². The Morgan fingerprint density at radius 1 is 1.20 bits per heavy atom. The van der Waals surface area contributed by atoms with E-state index >= 15 is 0 Å². The Hall–Kier alpha value is -2.51. The maximum Gasteiger partial charge on any atom is 0.273 e. The summed E-state index contributed by atoms with van der Waals surface area (Å²) in [5, 5.41) is 0. The Morgan fingerprint density at radius 2 is 1.88 bits per heavy atom. The van der Waals surface area contributed by atoms with Crippen LogP contribution in [0.1, 0.15) is 15.9 Å². The molecule has 2 aromatic carbocycles. The van der Waals surface area contributed by atoms with Crippen LogP contribution >= 0.6 is 24.0 Å². The van der Waals surface area contributed by atoms with Crippen molar-refractivity contribution in [2.75, 3.05) is 7.11 Å². The average molecular weight is 373 g/mol. The van der Waals surface area contributed by atoms with Crippen LogP contribution in [0.2, 0.25) is 0 Å². The van der Waals surface area contributed by atoms with Crippen molar-refractivity contribution in [2.24, 2.45) is 0 Å². The van der Waals surface area contributed by atoms with E-state index < -0.39 is 17.6 Å². The van der Waals surface area contributed by atoms with Crippen molar-refractivity contribution in [1.29, 1.82) is 0 Å². The smallest absolute Gasteiger partial charge is 0.273 e. The first-order valence-electron chi connectivity index (χ1n) is 7.22. The number of amides is 2. The fraction of sp³-hybridized carbons (Fsp3) is 0.0556. The van der Waals surface area contributed by atoms with Crippen LogP contribution in [0.5, 0.6) is 5.75 Å². The Labute approximate surface area is 153 Å². The Morgan fingerprint density at radius 3 is 2.60 bits per heavy atom. The van der Waals surface area contributed by atoms with E-state index in [0.717, 1.165) is 22.7 Å². The van der Waals surface area contributed by atoms with E-state index in [1.807, 2.05) is 6.07 Å². The number of nitrogens with zero attached hydrogens (tertiary/aromatic N) is 1. The van der Waals surface area contributed by atoms with E-state index in [2.05, 4.69) is 0 Å². The van der Waals surface area contributed by atoms with Crippen LogP contribution in [0.25, 0.3) is 6.08 Å². The van der Waals surface area contributed by atoms with Crippen molar-refractivity contribution in [3.8, 4) is 5.75 Å². The second kappa shape index (κ2) is 7.16. The first-order chi connectivity index (χ1) is 12.0. The average Bonchev–Trinajstić information content (AvgIpc) is 2.89. The SMILES string of the molecule is COc1ccccc1/C=C1\SC(=S)N(C(=O)c2ccccc2F)C1=O. The lowest BCUT2D eigenvalue weighted by Crippen LogP contribution is -2.35. The van der Waals surface area contributed by atoms with Gasteiger partial charge in [0.15, 0.2) is 4.32 Å². The number of hydrogen-bond acceptors (Lipinski definition) is 5. The Balaban J connectivity index is 1.94. The van der Waals surface area contributed by atoms with E-state index in [0.29, 0.717) is 11.3 Å². The van der Waals surface area contributed by atoms with Gasteiger partial charge in [-0.15, -0.1) is 0 Å². The molecule has 0 spiro atoms. The third-order valence-corrected chi connectivity index (χ3v) is 4.83. The predicted molar refractivity (Wildman–Crippen MR) is 98.7 cm³/mol. The molecule has 0 aliphatic carbocycles. The maximum atomic E-state index is 13.9. The molecule has 25 heavy (non-hydrogen) atoms. The molecule has 1 heterocycles. The quantitative estimate of drug-likeness (QED) is 0.464. The number of benzene rings is 2. The molecular weight excluding hydrogens is 361 g/mol. The minimum atomic E-state index is -0.774. The van der Waals surface area contributed by atoms with Gasteiger partial charge < -0.3 is 4.74 Å². The van der Waals surface area contributed by atoms with E-state index in [1.165, 1.54) is 25.3 Å². The summed E-state index contributed by atoms with van der Waals surface area (Å²) in [6.07, 6.45) is 1.60. The molecule has 4 nitrogen and oxygen atoms in total. The van der Waals surface area contributed by atoms with Crippen molar-refractivity contribution in [3.63, 3.8) is 0 Å². The highest BCUT2D eigenvalue weighted by Gasteiger charge is 2.38. The molecule has 1 saturated heterocycles. The second-order valence-electron chi connectivity index (χ2n) is 5.04. The van der Waals surface area contributed by atoms with Gasteiger partial charge in [0.25, 0.3) is 11.8 Å². The first kappa shape index (κ1) is 17.3. The molecule has 3 rings (SSSR count). The van der Waals surface area contributed by atoms with Gasteiger partial charge in [-0.1, -0.05) is 54.3 Å². The fourth-order valence-corrected chi connectivity index (χ4v) is 3.57. The van der Waals surface area contributed by atoms with Gasteiger partial charge in [0.2, 0.25) is 0 Å². The fourth-order valence-electron chi connectivity index (χ4n) is 2.32. The number of hydrogen-bond donors (Lipinski definition) is 0. The summed E-state index contributed by atoms with van der Waals surface area (Å²) in [6, 6.07) is 12.6. The molecule has 1 fully saturated rings. The molecule has 0 N–H and O–H groups in total. The molecule has 0 atom stereocenters. The number of carbonyl (C=O) groups excluding carboxylic acids is 2. The third-order valence-electron chi connectivity index (χ3n) is 3.53. The highest BCUT2D eigenvalue weighted by atomic mass is 32.2. The number of para-hydroxylation sites is 1. The van der Waals surface area contributed by atoms with Crippen LogP contribution in [0.15, 0.2) is 53.4 Å². The number of imide groups is 1. The molecule has 1 aliphatic rings. The Bertz CT molecular complexity index is 911. The lowest BCUT2D eigenvalue weighted by Gasteiger charge is -2.12. The van der Waals surface area contributed by atoms with Gasteiger partial charge in [-0.05, 0) is 24.3 Å². The molecular formula is C18H12FNO3S2. The summed E-state index contributed by atoms with van der Waals surface area (Å²) in [5.41, 5.74) is 0.487. The molecule has 0 unspecified atom stereocenters. The van der Waals surface area contributed by atoms with Crippen LogP contribution in [0.4, 0.5) is 4.39 Å². The summed E-state index contributed by atoms with van der Waals surface area (Å²) in [7, 11) is 1.53. The highest BCUT2D eigenvalue weighted by Crippen LogP contribution is 2.35. The van der Waals surface area contributed by atoms with Gasteiger partial charge in [-0.2, -0.15) is 0 Å². The summed E-state index contributed by atoms with van der Waals surface area (Å²) in [5.74, 6) is -1.46. The molecule has 7 heteroatoms. The molecule has 2 amide bonds. The van der Waals surface area contributed by atoms with Gasteiger partial charge in [-0.3, -0.25) is 9.59 Å². The maximum absolute atomic E-state index is 13.9. The van der Waals surface area contributed by atoms with Crippen molar-refractivity contribution < 1.29 is 18.7 Å². The van der Waals surface area contributed by atoms with E-state index in [4.69, 9.17) is 17.0 Å². The van der Waals surface area contributed by atoms with Crippen LogP contribution in [-0.2, 0) is 4.79 Å². The molecule has 126 valence electrons. The van der Waals surface area contributed by atoms with Crippen LogP contribution in [0, 0.1) is 5.82 Å². The van der Waals surface area contributed by atoms with E-state index in [1.54, 1.807) is 24.3 Å². The second-order valence-corrected chi connectivity index (χ2v) is 6.72. The molecule has 2 aromatic rings. The first-order valence-corrected chi connectivity index (χ1v) is 8.45. The summed E-state index contributed by atoms with van der Waals surface area (Å²) >= 11 is 6.14. The van der Waals surface area contributed by atoms with Crippen molar-refractivity contribution in [1.82, 2.24) is 4.90 Å². The molecule has 0 aromatic heterocycles. The van der Waals surface area contributed by atoms with E-state index in [9.17, 15) is 14.0 Å². The summed E-state index contributed by atoms with van der Waals surface area (Å²) in [4.78, 5) is 26.2. The number of ether oxygens (including phenoxy) is 1. The zero-order valence-electron chi connectivity index (χ0n) is 13.1. The van der Waals surface area contributed by atoms with Gasteiger partial charge in [-0.25, -0.2) is 9.29 Å². The van der Waals surface area contributed by atoms with Gasteiger partial charge in [0.1, 0.15) is 11.6 Å². The highest BCUT2D eigenvalue weighted by molar-refractivity contribution is 8.26. The lowest BCUT2D eigenvalue weighted by atomic mass is 10.1. The minimum absolute atomic E-state index is 0.0689. The third kappa shape index (κ3) is 3.33. The molecule has 0 radical (unpaired) electrons. The molecule has 0 saturated carbocycles. The molecule has 1 aliphatic heterocycles. The zero-order chi connectivity index (χ0) is 18.0. The number of thiocarbonyl (C=S) groups is 1. The number of rotatable bonds is 3. The predicted octanol–water partition coefficient (Wildman–Crippen LogP) is 3.88. The lowest BCUT2D eigenvalue weighted by molar-refractivity contribution is -0.120. The van der Waals surface area contributed by atoms with Crippen molar-refractivity contribution in [2.45, 2.75) is 0 Å². The normalized spacial score (nSPS) is 15.8. The number of carbonyl (C=O) groups is 2. The standard InChI is InChI=1S/C18H12FNO3S2/c1-23-14-9-5-2-6-11(14)10-15-17(22)20(18(24)25-15)16(21)12-7-3-4-8-13(12)19/h2-10H,1H3/b15-10-. The van der Waals surface area contributed by atoms with Crippen molar-refractivity contribution >= 4 is 46.2 Å². The summed E-state index contributed by atoms with van der Waals surface area (Å²) in [6.45, 7) is 0. The summed E-state index contributed by atoms with van der Waals surface area (Å²) < 4.78 is 19.2. The topological polar surface area (TPSA) is 46.6 Å². The van der Waals surface area contributed by atoms with Gasteiger partial charge in [0, 0.05) is 5.56 Å². The zero-order valence-corrected chi connectivity index (χ0v) is 14.7. The van der Waals surface area contributed by atoms with Crippen LogP contribution in [0.3, 0.4) is 0 Å². The minimum Gasteiger partial charge on any atom is -0.496 e. The number of methoxy groups -OCH3 is 1. The van der Waals surface area contributed by atoms with E-state index in [-0.39, 0.29) is 14.8 Å². The van der Waals surface area contributed by atoms with Gasteiger partial charge >= 0.3 is 0 Å². The monoisotopic (exact) mass is 373 g/mol. The molecule has 0 bridgehead atoms. The Kier molecular flexibility index (Phi) is 4.96. The van der Waals surface area contributed by atoms with Crippen molar-refractivity contribution in [3.05, 3.63) is 70.4 Å². The number of halogens is 1. The largest absolute Gasteiger partial charge is 0.496 e. The number of thioether (sulfide) groups is 1.